The van der Waals surface area contributed by atoms with Gasteiger partial charge in [0, 0.05) is 35.1 Å². The summed E-state index contributed by atoms with van der Waals surface area (Å²) in [7, 11) is 0. The first-order valence-electron chi connectivity index (χ1n) is 9.78. The van der Waals surface area contributed by atoms with E-state index in [-0.39, 0.29) is 23.5 Å². The van der Waals surface area contributed by atoms with Gasteiger partial charge in [0.2, 0.25) is 0 Å². The standard InChI is InChI=1S/C21H24N6O3/c1-21(2,3)18-10-15(24-25-18)20(29)23-16-11-30-12-17(16)27-19(28)5-4-14(26-27)13-6-8-22-9-7-13/h4-10,16-17H,11-12H2,1-3H3,(H,23,29)(H,24,25). The predicted molar refractivity (Wildman–Crippen MR) is 110 cm³/mol. The van der Waals surface area contributed by atoms with Crippen LogP contribution in [0.3, 0.4) is 0 Å². The van der Waals surface area contributed by atoms with E-state index in [1.165, 1.54) is 10.7 Å². The smallest absolute Gasteiger partial charge is 0.272 e. The summed E-state index contributed by atoms with van der Waals surface area (Å²) in [6, 6.07) is 7.74. The zero-order valence-corrected chi connectivity index (χ0v) is 17.1. The third-order valence-corrected chi connectivity index (χ3v) is 5.10. The number of aromatic amines is 1. The minimum atomic E-state index is -0.413. The Kier molecular flexibility index (Phi) is 5.21. The van der Waals surface area contributed by atoms with Crippen molar-refractivity contribution in [2.24, 2.45) is 0 Å². The van der Waals surface area contributed by atoms with Gasteiger partial charge in [0.15, 0.2) is 0 Å². The molecule has 4 rings (SSSR count). The molecule has 0 spiro atoms. The van der Waals surface area contributed by atoms with Gasteiger partial charge in [0.25, 0.3) is 11.5 Å². The number of H-pyrrole nitrogens is 1. The molecule has 9 heteroatoms. The van der Waals surface area contributed by atoms with Crippen molar-refractivity contribution in [3.63, 3.8) is 0 Å². The van der Waals surface area contributed by atoms with Crippen molar-refractivity contribution in [3.8, 4) is 11.3 Å². The lowest BCUT2D eigenvalue weighted by molar-refractivity contribution is 0.0919. The largest absolute Gasteiger partial charge is 0.377 e. The van der Waals surface area contributed by atoms with Gasteiger partial charge in [-0.3, -0.25) is 19.7 Å². The van der Waals surface area contributed by atoms with Gasteiger partial charge in [-0.1, -0.05) is 20.8 Å². The lowest BCUT2D eigenvalue weighted by Crippen LogP contribution is -2.44. The van der Waals surface area contributed by atoms with E-state index in [9.17, 15) is 9.59 Å². The molecule has 2 atom stereocenters. The Morgan fingerprint density at radius 1 is 1.20 bits per heavy atom. The molecule has 3 aromatic heterocycles. The Hall–Kier alpha value is -3.33. The van der Waals surface area contributed by atoms with E-state index in [0.717, 1.165) is 11.3 Å². The number of rotatable bonds is 4. The van der Waals surface area contributed by atoms with Crippen LogP contribution in [0.15, 0.2) is 47.5 Å². The summed E-state index contributed by atoms with van der Waals surface area (Å²) >= 11 is 0. The van der Waals surface area contributed by atoms with Gasteiger partial charge < -0.3 is 10.1 Å². The maximum absolute atomic E-state index is 12.7. The molecule has 0 aliphatic carbocycles. The number of carbonyl (C=O) groups excluding carboxylic acids is 1. The fourth-order valence-electron chi connectivity index (χ4n) is 3.33. The summed E-state index contributed by atoms with van der Waals surface area (Å²) in [5.74, 6) is -0.319. The number of ether oxygens (including phenoxy) is 1. The number of pyridine rings is 1. The second-order valence-corrected chi connectivity index (χ2v) is 8.34. The lowest BCUT2D eigenvalue weighted by atomic mass is 9.92. The van der Waals surface area contributed by atoms with E-state index in [0.29, 0.717) is 18.0 Å². The molecule has 1 aliphatic heterocycles. The third kappa shape index (κ3) is 4.02. The second kappa shape index (κ2) is 7.83. The summed E-state index contributed by atoms with van der Waals surface area (Å²) in [6.07, 6.45) is 3.34. The highest BCUT2D eigenvalue weighted by atomic mass is 16.5. The van der Waals surface area contributed by atoms with Gasteiger partial charge in [0.05, 0.1) is 24.9 Å². The van der Waals surface area contributed by atoms with Crippen molar-refractivity contribution >= 4 is 5.91 Å². The number of carbonyl (C=O) groups is 1. The molecule has 1 saturated heterocycles. The number of amides is 1. The van der Waals surface area contributed by atoms with Crippen LogP contribution in [0.25, 0.3) is 11.3 Å². The quantitative estimate of drug-likeness (QED) is 0.679. The summed E-state index contributed by atoms with van der Waals surface area (Å²) in [6.45, 7) is 6.69. The van der Waals surface area contributed by atoms with Crippen LogP contribution >= 0.6 is 0 Å². The normalized spacial score (nSPS) is 19.0. The molecule has 0 saturated carbocycles. The Labute approximate surface area is 173 Å². The first-order chi connectivity index (χ1) is 14.3. The molecule has 9 nitrogen and oxygen atoms in total. The fraction of sp³-hybridized carbons (Fsp3) is 0.381. The molecular formula is C21H24N6O3. The number of nitrogens with one attached hydrogen (secondary N) is 2. The molecular weight excluding hydrogens is 384 g/mol. The van der Waals surface area contributed by atoms with Gasteiger partial charge in [-0.2, -0.15) is 10.2 Å². The van der Waals surface area contributed by atoms with Crippen molar-refractivity contribution in [1.29, 1.82) is 0 Å². The second-order valence-electron chi connectivity index (χ2n) is 8.34. The Balaban J connectivity index is 1.56. The number of hydrogen-bond donors (Lipinski definition) is 2. The van der Waals surface area contributed by atoms with Crippen LogP contribution in [0, 0.1) is 0 Å². The molecule has 1 fully saturated rings. The van der Waals surface area contributed by atoms with E-state index < -0.39 is 12.1 Å². The molecule has 156 valence electrons. The summed E-state index contributed by atoms with van der Waals surface area (Å²) < 4.78 is 6.96. The first-order valence-corrected chi connectivity index (χ1v) is 9.78. The molecule has 0 aromatic carbocycles. The zero-order chi connectivity index (χ0) is 21.3. The molecule has 1 amide bonds. The van der Waals surface area contributed by atoms with Gasteiger partial charge in [0.1, 0.15) is 11.7 Å². The Morgan fingerprint density at radius 3 is 2.67 bits per heavy atom. The minimum Gasteiger partial charge on any atom is -0.377 e. The van der Waals surface area contributed by atoms with Crippen LogP contribution in [0.4, 0.5) is 0 Å². The molecule has 1 aliphatic rings. The van der Waals surface area contributed by atoms with Crippen LogP contribution < -0.4 is 10.9 Å². The van der Waals surface area contributed by atoms with E-state index in [4.69, 9.17) is 4.74 Å². The number of aromatic nitrogens is 5. The molecule has 4 heterocycles. The van der Waals surface area contributed by atoms with Gasteiger partial charge in [-0.25, -0.2) is 4.68 Å². The summed E-state index contributed by atoms with van der Waals surface area (Å²) in [5.41, 5.74) is 2.28. The van der Waals surface area contributed by atoms with Crippen LogP contribution in [-0.2, 0) is 10.2 Å². The van der Waals surface area contributed by atoms with Gasteiger partial charge in [-0.15, -0.1) is 0 Å². The highest BCUT2D eigenvalue weighted by Crippen LogP contribution is 2.22. The van der Waals surface area contributed by atoms with Crippen molar-refractivity contribution in [2.45, 2.75) is 38.3 Å². The van der Waals surface area contributed by atoms with Crippen molar-refractivity contribution in [3.05, 3.63) is 64.5 Å². The highest BCUT2D eigenvalue weighted by molar-refractivity contribution is 5.92. The lowest BCUT2D eigenvalue weighted by Gasteiger charge is -2.20. The van der Waals surface area contributed by atoms with E-state index in [2.05, 4.69) is 25.6 Å². The summed E-state index contributed by atoms with van der Waals surface area (Å²) in [4.78, 5) is 29.2. The SMILES string of the molecule is CC(C)(C)c1cc(C(=O)NC2COCC2n2nc(-c3ccncc3)ccc2=O)n[nH]1. The average molecular weight is 408 g/mol. The highest BCUT2D eigenvalue weighted by Gasteiger charge is 2.33. The predicted octanol–water partition coefficient (Wildman–Crippen LogP) is 1.70. The van der Waals surface area contributed by atoms with Crippen LogP contribution in [0.5, 0.6) is 0 Å². The molecule has 0 bridgehead atoms. The van der Waals surface area contributed by atoms with E-state index >= 15 is 0 Å². The van der Waals surface area contributed by atoms with Crippen LogP contribution in [-0.4, -0.2) is 50.1 Å². The maximum Gasteiger partial charge on any atom is 0.272 e. The van der Waals surface area contributed by atoms with Crippen LogP contribution in [0.2, 0.25) is 0 Å². The minimum absolute atomic E-state index is 0.144. The first kappa shape index (κ1) is 20.0. The third-order valence-electron chi connectivity index (χ3n) is 5.10. The molecule has 2 unspecified atom stereocenters. The Morgan fingerprint density at radius 2 is 1.97 bits per heavy atom. The van der Waals surface area contributed by atoms with Gasteiger partial charge >= 0.3 is 0 Å². The molecule has 30 heavy (non-hydrogen) atoms. The molecule has 2 N–H and O–H groups in total. The van der Waals surface area contributed by atoms with E-state index in [1.54, 1.807) is 24.5 Å². The van der Waals surface area contributed by atoms with Crippen molar-refractivity contribution < 1.29 is 9.53 Å². The zero-order valence-electron chi connectivity index (χ0n) is 17.1. The number of nitrogens with zero attached hydrogens (tertiary/aromatic N) is 4. The average Bonchev–Trinajstić information content (AvgIpc) is 3.39. The fourth-order valence-corrected chi connectivity index (χ4v) is 3.33. The topological polar surface area (TPSA) is 115 Å². The summed E-state index contributed by atoms with van der Waals surface area (Å²) in [5, 5.41) is 14.5. The van der Waals surface area contributed by atoms with Crippen LogP contribution in [0.1, 0.15) is 43.0 Å². The molecule has 3 aromatic rings. The van der Waals surface area contributed by atoms with Gasteiger partial charge in [-0.05, 0) is 24.3 Å². The number of hydrogen-bond acceptors (Lipinski definition) is 6. The van der Waals surface area contributed by atoms with E-state index in [1.807, 2.05) is 32.9 Å². The molecule has 0 radical (unpaired) electrons. The monoisotopic (exact) mass is 408 g/mol. The Bertz CT molecular complexity index is 1100. The maximum atomic E-state index is 12.7. The van der Waals surface area contributed by atoms with Crippen molar-refractivity contribution in [1.82, 2.24) is 30.3 Å². The van der Waals surface area contributed by atoms with Crippen molar-refractivity contribution in [2.75, 3.05) is 13.2 Å².